The third-order valence-corrected chi connectivity index (χ3v) is 5.57. The summed E-state index contributed by atoms with van der Waals surface area (Å²) in [5.41, 5.74) is 0.768. The van der Waals surface area contributed by atoms with Crippen LogP contribution in [0.4, 0.5) is 0 Å². The van der Waals surface area contributed by atoms with Crippen molar-refractivity contribution in [3.05, 3.63) is 63.1 Å². The van der Waals surface area contributed by atoms with Gasteiger partial charge in [0.05, 0.1) is 10.0 Å². The molecule has 1 N–H and O–H groups in total. The van der Waals surface area contributed by atoms with Crippen LogP contribution in [0.1, 0.15) is 32.8 Å². The second-order valence-corrected chi connectivity index (χ2v) is 8.83. The Hall–Kier alpha value is -1.95. The second-order valence-electron chi connectivity index (χ2n) is 7.58. The largest absolute Gasteiger partial charge is 0.484 e. The lowest BCUT2D eigenvalue weighted by Gasteiger charge is -2.31. The maximum atomic E-state index is 13.1. The number of halogens is 3. The molecule has 31 heavy (non-hydrogen) atoms. The number of hydrogen-bond donors (Lipinski definition) is 1. The highest BCUT2D eigenvalue weighted by molar-refractivity contribution is 6.42. The number of nitrogens with one attached hydrogen (secondary N) is 1. The highest BCUT2D eigenvalue weighted by atomic mass is 35.5. The first-order valence-electron chi connectivity index (χ1n) is 10.1. The van der Waals surface area contributed by atoms with E-state index in [1.807, 2.05) is 20.8 Å². The van der Waals surface area contributed by atoms with Crippen LogP contribution in [0.3, 0.4) is 0 Å². The molecule has 2 rings (SSSR count). The predicted molar refractivity (Wildman–Crippen MR) is 126 cm³/mol. The first-order chi connectivity index (χ1) is 14.7. The van der Waals surface area contributed by atoms with Crippen molar-refractivity contribution in [3.63, 3.8) is 0 Å². The molecule has 0 aromatic heterocycles. The monoisotopic (exact) mass is 484 g/mol. The highest BCUT2D eigenvalue weighted by Gasteiger charge is 2.29. The summed E-state index contributed by atoms with van der Waals surface area (Å²) >= 11 is 18.0. The van der Waals surface area contributed by atoms with Crippen LogP contribution in [0.5, 0.6) is 5.75 Å². The van der Waals surface area contributed by atoms with Crippen molar-refractivity contribution in [1.29, 1.82) is 0 Å². The van der Waals surface area contributed by atoms with Gasteiger partial charge in [0.15, 0.2) is 6.61 Å². The van der Waals surface area contributed by atoms with E-state index in [4.69, 9.17) is 39.5 Å². The molecule has 8 heteroatoms. The maximum Gasteiger partial charge on any atom is 0.261 e. The Balaban J connectivity index is 2.21. The molecule has 0 saturated heterocycles. The Kier molecular flexibility index (Phi) is 9.94. The fourth-order valence-corrected chi connectivity index (χ4v) is 3.38. The summed E-state index contributed by atoms with van der Waals surface area (Å²) < 4.78 is 5.63. The van der Waals surface area contributed by atoms with Crippen molar-refractivity contribution in [2.24, 2.45) is 5.92 Å². The van der Waals surface area contributed by atoms with Crippen molar-refractivity contribution in [1.82, 2.24) is 10.2 Å². The van der Waals surface area contributed by atoms with E-state index in [1.165, 1.54) is 4.90 Å². The van der Waals surface area contributed by atoms with E-state index in [1.54, 1.807) is 42.5 Å². The molecule has 2 aromatic carbocycles. The molecule has 0 aliphatic heterocycles. The van der Waals surface area contributed by atoms with Crippen LogP contribution in [-0.4, -0.2) is 35.9 Å². The molecule has 0 spiro atoms. The zero-order valence-corrected chi connectivity index (χ0v) is 20.1. The number of ether oxygens (including phenoxy) is 1. The van der Waals surface area contributed by atoms with Crippen LogP contribution in [0.25, 0.3) is 0 Å². The quantitative estimate of drug-likeness (QED) is 0.476. The number of carbonyl (C=O) groups is 2. The van der Waals surface area contributed by atoms with Gasteiger partial charge in [0.1, 0.15) is 11.8 Å². The molecule has 0 aliphatic carbocycles. The summed E-state index contributed by atoms with van der Waals surface area (Å²) in [4.78, 5) is 27.5. The van der Waals surface area contributed by atoms with E-state index in [0.717, 1.165) is 5.56 Å². The van der Waals surface area contributed by atoms with Gasteiger partial charge >= 0.3 is 0 Å². The van der Waals surface area contributed by atoms with Gasteiger partial charge in [-0.15, -0.1) is 0 Å². The van der Waals surface area contributed by atoms with Crippen molar-refractivity contribution >= 4 is 46.6 Å². The van der Waals surface area contributed by atoms with E-state index in [0.29, 0.717) is 39.7 Å². The number of nitrogens with zero attached hydrogens (tertiary/aromatic N) is 1. The molecule has 0 radical (unpaired) electrons. The van der Waals surface area contributed by atoms with E-state index in [9.17, 15) is 9.59 Å². The van der Waals surface area contributed by atoms with Gasteiger partial charge < -0.3 is 15.0 Å². The first kappa shape index (κ1) is 25.3. The topological polar surface area (TPSA) is 58.6 Å². The third-order valence-electron chi connectivity index (χ3n) is 4.58. The van der Waals surface area contributed by atoms with Gasteiger partial charge in [-0.05, 0) is 54.3 Å². The zero-order chi connectivity index (χ0) is 23.0. The summed E-state index contributed by atoms with van der Waals surface area (Å²) in [5, 5.41) is 4.31. The molecule has 1 atom stereocenters. The molecule has 0 aliphatic rings. The number of carbonyl (C=O) groups excluding carboxylic acids is 2. The molecule has 1 unspecified atom stereocenters. The first-order valence-corrected chi connectivity index (χ1v) is 11.2. The average Bonchev–Trinajstić information content (AvgIpc) is 2.74. The SMILES string of the molecule is CCC(C(=O)NCC(C)C)N(Cc1ccc(Cl)c(Cl)c1)C(=O)COc1ccc(Cl)cc1. The molecule has 2 amide bonds. The van der Waals surface area contributed by atoms with Crippen molar-refractivity contribution in [2.75, 3.05) is 13.2 Å². The molecule has 0 saturated carbocycles. The van der Waals surface area contributed by atoms with Crippen molar-refractivity contribution in [3.8, 4) is 5.75 Å². The smallest absolute Gasteiger partial charge is 0.261 e. The number of amides is 2. The lowest BCUT2D eigenvalue weighted by Crippen LogP contribution is -2.50. The summed E-state index contributed by atoms with van der Waals surface area (Å²) in [6, 6.07) is 11.3. The summed E-state index contributed by atoms with van der Waals surface area (Å²) in [6.07, 6.45) is 0.456. The highest BCUT2D eigenvalue weighted by Crippen LogP contribution is 2.24. The fourth-order valence-electron chi connectivity index (χ4n) is 2.94. The Bertz CT molecular complexity index is 888. The Morgan fingerprint density at radius 2 is 1.71 bits per heavy atom. The van der Waals surface area contributed by atoms with Gasteiger partial charge in [0, 0.05) is 18.1 Å². The average molecular weight is 486 g/mol. The number of benzene rings is 2. The minimum absolute atomic E-state index is 0.198. The van der Waals surface area contributed by atoms with E-state index in [2.05, 4.69) is 5.32 Å². The summed E-state index contributed by atoms with van der Waals surface area (Å²) in [7, 11) is 0. The lowest BCUT2D eigenvalue weighted by atomic mass is 10.1. The Morgan fingerprint density at radius 1 is 1.03 bits per heavy atom. The normalized spacial score (nSPS) is 11.8. The van der Waals surface area contributed by atoms with Crippen molar-refractivity contribution in [2.45, 2.75) is 39.8 Å². The minimum Gasteiger partial charge on any atom is -0.484 e. The fraction of sp³-hybridized carbons (Fsp3) is 0.391. The maximum absolute atomic E-state index is 13.1. The van der Waals surface area contributed by atoms with Gasteiger partial charge in [0.2, 0.25) is 5.91 Å². The molecule has 168 valence electrons. The van der Waals surface area contributed by atoms with E-state index >= 15 is 0 Å². The van der Waals surface area contributed by atoms with Crippen LogP contribution in [0.15, 0.2) is 42.5 Å². The standard InChI is InChI=1S/C23H27Cl3N2O3/c1-4-21(23(30)27-12-15(2)3)28(13-16-5-10-19(25)20(26)11-16)22(29)14-31-18-8-6-17(24)7-9-18/h5-11,15,21H,4,12-14H2,1-3H3,(H,27,30). The van der Waals surface area contributed by atoms with Gasteiger partial charge in [-0.2, -0.15) is 0 Å². The molecule has 0 bridgehead atoms. The molecule has 0 fully saturated rings. The third kappa shape index (κ3) is 7.91. The Morgan fingerprint density at radius 3 is 2.29 bits per heavy atom. The van der Waals surface area contributed by atoms with E-state index < -0.39 is 6.04 Å². The van der Waals surface area contributed by atoms with Crippen LogP contribution in [-0.2, 0) is 16.1 Å². The molecule has 2 aromatic rings. The number of hydrogen-bond acceptors (Lipinski definition) is 3. The Labute approximate surface area is 198 Å². The molecule has 0 heterocycles. The minimum atomic E-state index is -0.644. The van der Waals surface area contributed by atoms with E-state index in [-0.39, 0.29) is 25.0 Å². The van der Waals surface area contributed by atoms with Gasteiger partial charge in [-0.1, -0.05) is 61.6 Å². The van der Waals surface area contributed by atoms with Crippen LogP contribution in [0.2, 0.25) is 15.1 Å². The molecular weight excluding hydrogens is 459 g/mol. The summed E-state index contributed by atoms with van der Waals surface area (Å²) in [5.74, 6) is 0.308. The molecule has 5 nitrogen and oxygen atoms in total. The van der Waals surface area contributed by atoms with Gasteiger partial charge in [-0.25, -0.2) is 0 Å². The van der Waals surface area contributed by atoms with Gasteiger partial charge in [0.25, 0.3) is 5.91 Å². The lowest BCUT2D eigenvalue weighted by molar-refractivity contribution is -0.143. The second kappa shape index (κ2) is 12.2. The molecular formula is C23H27Cl3N2O3. The van der Waals surface area contributed by atoms with Crippen molar-refractivity contribution < 1.29 is 14.3 Å². The predicted octanol–water partition coefficient (Wildman–Crippen LogP) is 5.61. The summed E-state index contributed by atoms with van der Waals surface area (Å²) in [6.45, 7) is 6.42. The van der Waals surface area contributed by atoms with Crippen LogP contribution in [0, 0.1) is 5.92 Å². The number of rotatable bonds is 10. The van der Waals surface area contributed by atoms with Gasteiger partial charge in [-0.3, -0.25) is 9.59 Å². The van der Waals surface area contributed by atoms with Crippen LogP contribution < -0.4 is 10.1 Å². The zero-order valence-electron chi connectivity index (χ0n) is 17.8. The van der Waals surface area contributed by atoms with Crippen LogP contribution >= 0.6 is 34.8 Å².